The van der Waals surface area contributed by atoms with Crippen LogP contribution >= 0.6 is 27.3 Å². The molecule has 112 valence electrons. The number of benzene rings is 1. The molecule has 2 aromatic rings. The number of hydrogen-bond acceptors (Lipinski definition) is 3. The highest BCUT2D eigenvalue weighted by atomic mass is 79.9. The Labute approximate surface area is 136 Å². The third kappa shape index (κ3) is 4.05. The second-order valence-corrected chi connectivity index (χ2v) is 7.51. The van der Waals surface area contributed by atoms with Gasteiger partial charge in [0.15, 0.2) is 0 Å². The fourth-order valence-corrected chi connectivity index (χ4v) is 3.32. The molecule has 0 radical (unpaired) electrons. The van der Waals surface area contributed by atoms with E-state index in [0.29, 0.717) is 16.8 Å². The fourth-order valence-electron chi connectivity index (χ4n) is 2.08. The van der Waals surface area contributed by atoms with Crippen molar-refractivity contribution in [2.75, 3.05) is 0 Å². The maximum atomic E-state index is 13.4. The van der Waals surface area contributed by atoms with Crippen LogP contribution < -0.4 is 10.1 Å². The molecule has 0 unspecified atom stereocenters. The molecule has 1 N–H and O–H groups in total. The predicted octanol–water partition coefficient (Wildman–Crippen LogP) is 4.79. The molecule has 0 spiro atoms. The Morgan fingerprint density at radius 1 is 1.38 bits per heavy atom. The maximum Gasteiger partial charge on any atom is 0.141 e. The van der Waals surface area contributed by atoms with E-state index in [4.69, 9.17) is 4.74 Å². The van der Waals surface area contributed by atoms with Crippen molar-refractivity contribution >= 4 is 27.3 Å². The second-order valence-electron chi connectivity index (χ2n) is 5.31. The highest BCUT2D eigenvalue weighted by molar-refractivity contribution is 9.10. The smallest absolute Gasteiger partial charge is 0.141 e. The van der Waals surface area contributed by atoms with E-state index in [9.17, 15) is 4.39 Å². The van der Waals surface area contributed by atoms with Crippen molar-refractivity contribution in [1.82, 2.24) is 5.32 Å². The summed E-state index contributed by atoms with van der Waals surface area (Å²) < 4.78 is 19.6. The Hall–Kier alpha value is -0.910. The SMILES string of the molecule is Cc1sc(CNC2CC2)cc1COc1ccc(Br)c(F)c1. The van der Waals surface area contributed by atoms with Gasteiger partial charge in [0.25, 0.3) is 0 Å². The Kier molecular flexibility index (Phi) is 4.62. The normalized spacial score (nSPS) is 14.4. The van der Waals surface area contributed by atoms with E-state index in [1.165, 1.54) is 34.2 Å². The summed E-state index contributed by atoms with van der Waals surface area (Å²) in [5.41, 5.74) is 1.18. The zero-order valence-electron chi connectivity index (χ0n) is 11.8. The van der Waals surface area contributed by atoms with Crippen LogP contribution in [0.3, 0.4) is 0 Å². The molecular formula is C16H17BrFNOS. The summed E-state index contributed by atoms with van der Waals surface area (Å²) in [6, 6.07) is 7.74. The topological polar surface area (TPSA) is 21.3 Å². The number of hydrogen-bond donors (Lipinski definition) is 1. The Morgan fingerprint density at radius 2 is 2.19 bits per heavy atom. The van der Waals surface area contributed by atoms with Gasteiger partial charge in [-0.1, -0.05) is 0 Å². The van der Waals surface area contributed by atoms with Crippen LogP contribution in [0.2, 0.25) is 0 Å². The van der Waals surface area contributed by atoms with Crippen molar-refractivity contribution in [2.45, 2.75) is 39.0 Å². The van der Waals surface area contributed by atoms with Crippen LogP contribution in [0.25, 0.3) is 0 Å². The lowest BCUT2D eigenvalue weighted by molar-refractivity contribution is 0.304. The van der Waals surface area contributed by atoms with E-state index in [-0.39, 0.29) is 5.82 Å². The first-order valence-electron chi connectivity index (χ1n) is 7.01. The summed E-state index contributed by atoms with van der Waals surface area (Å²) >= 11 is 4.94. The Balaban J connectivity index is 1.59. The molecule has 21 heavy (non-hydrogen) atoms. The summed E-state index contributed by atoms with van der Waals surface area (Å²) in [5, 5.41) is 3.52. The number of nitrogens with one attached hydrogen (secondary N) is 1. The first kappa shape index (κ1) is 15.0. The molecule has 1 saturated carbocycles. The van der Waals surface area contributed by atoms with Gasteiger partial charge in [0.05, 0.1) is 4.47 Å². The van der Waals surface area contributed by atoms with Gasteiger partial charge in [-0.25, -0.2) is 4.39 Å². The van der Waals surface area contributed by atoms with Crippen LogP contribution in [-0.2, 0) is 13.2 Å². The first-order valence-corrected chi connectivity index (χ1v) is 8.62. The van der Waals surface area contributed by atoms with Gasteiger partial charge in [-0.2, -0.15) is 0 Å². The summed E-state index contributed by atoms with van der Waals surface area (Å²) in [6.07, 6.45) is 2.60. The number of ether oxygens (including phenoxy) is 1. The largest absolute Gasteiger partial charge is 0.489 e. The molecule has 1 heterocycles. The third-order valence-corrected chi connectivity index (χ3v) is 5.24. The van der Waals surface area contributed by atoms with E-state index in [0.717, 1.165) is 12.6 Å². The van der Waals surface area contributed by atoms with Crippen LogP contribution in [0, 0.1) is 12.7 Å². The molecule has 1 aliphatic carbocycles. The number of halogens is 2. The van der Waals surface area contributed by atoms with Gasteiger partial charge >= 0.3 is 0 Å². The maximum absolute atomic E-state index is 13.4. The standard InChI is InChI=1S/C16H17BrFNOS/c1-10-11(6-14(21-10)8-19-12-2-3-12)9-20-13-4-5-15(17)16(18)7-13/h4-7,12,19H,2-3,8-9H2,1H3. The lowest BCUT2D eigenvalue weighted by Gasteiger charge is -2.06. The predicted molar refractivity (Wildman–Crippen MR) is 87.3 cm³/mol. The molecule has 0 amide bonds. The minimum Gasteiger partial charge on any atom is -0.489 e. The van der Waals surface area contributed by atoms with Crippen LogP contribution in [0.4, 0.5) is 4.39 Å². The third-order valence-electron chi connectivity index (χ3n) is 3.50. The highest BCUT2D eigenvalue weighted by Gasteiger charge is 2.20. The highest BCUT2D eigenvalue weighted by Crippen LogP contribution is 2.26. The fraction of sp³-hybridized carbons (Fsp3) is 0.375. The van der Waals surface area contributed by atoms with Crippen molar-refractivity contribution in [3.63, 3.8) is 0 Å². The van der Waals surface area contributed by atoms with Gasteiger partial charge in [-0.05, 0) is 53.9 Å². The molecule has 1 aromatic heterocycles. The Morgan fingerprint density at radius 3 is 2.90 bits per heavy atom. The molecule has 2 nitrogen and oxygen atoms in total. The summed E-state index contributed by atoms with van der Waals surface area (Å²) in [6.45, 7) is 3.52. The van der Waals surface area contributed by atoms with Crippen molar-refractivity contribution in [2.24, 2.45) is 0 Å². The summed E-state index contributed by atoms with van der Waals surface area (Å²) in [4.78, 5) is 2.60. The zero-order chi connectivity index (χ0) is 14.8. The number of rotatable bonds is 6. The molecule has 0 aliphatic heterocycles. The van der Waals surface area contributed by atoms with Crippen LogP contribution in [0.1, 0.15) is 28.2 Å². The van der Waals surface area contributed by atoms with Gasteiger partial charge < -0.3 is 10.1 Å². The van der Waals surface area contributed by atoms with E-state index in [1.54, 1.807) is 23.5 Å². The second kappa shape index (κ2) is 6.46. The molecule has 1 aromatic carbocycles. The van der Waals surface area contributed by atoms with Crippen molar-refractivity contribution < 1.29 is 9.13 Å². The van der Waals surface area contributed by atoms with Gasteiger partial charge in [0, 0.05) is 34.0 Å². The van der Waals surface area contributed by atoms with E-state index < -0.39 is 0 Å². The van der Waals surface area contributed by atoms with E-state index in [1.807, 2.05) is 0 Å². The zero-order valence-corrected chi connectivity index (χ0v) is 14.2. The summed E-state index contributed by atoms with van der Waals surface area (Å²) in [5.74, 6) is 0.253. The lowest BCUT2D eigenvalue weighted by Crippen LogP contribution is -2.14. The molecule has 0 atom stereocenters. The molecule has 1 fully saturated rings. The molecule has 0 saturated heterocycles. The average molecular weight is 370 g/mol. The first-order chi connectivity index (χ1) is 10.1. The van der Waals surface area contributed by atoms with Crippen molar-refractivity contribution in [1.29, 1.82) is 0 Å². The van der Waals surface area contributed by atoms with Gasteiger partial charge in [0.2, 0.25) is 0 Å². The quantitative estimate of drug-likeness (QED) is 0.790. The average Bonchev–Trinajstić information content (AvgIpc) is 3.22. The number of aryl methyl sites for hydroxylation is 1. The van der Waals surface area contributed by atoms with Crippen molar-refractivity contribution in [3.8, 4) is 5.75 Å². The van der Waals surface area contributed by atoms with E-state index >= 15 is 0 Å². The van der Waals surface area contributed by atoms with Gasteiger partial charge in [-0.15, -0.1) is 11.3 Å². The Bertz CT molecular complexity index is 639. The molecule has 3 rings (SSSR count). The minimum atomic E-state index is -0.302. The molecular weight excluding hydrogens is 353 g/mol. The minimum absolute atomic E-state index is 0.302. The van der Waals surface area contributed by atoms with Crippen LogP contribution in [0.15, 0.2) is 28.7 Å². The summed E-state index contributed by atoms with van der Waals surface area (Å²) in [7, 11) is 0. The molecule has 0 bridgehead atoms. The lowest BCUT2D eigenvalue weighted by atomic mass is 10.2. The molecule has 5 heteroatoms. The van der Waals surface area contributed by atoms with Crippen molar-refractivity contribution in [3.05, 3.63) is 49.9 Å². The monoisotopic (exact) mass is 369 g/mol. The molecule has 1 aliphatic rings. The number of thiophene rings is 1. The van der Waals surface area contributed by atoms with Crippen LogP contribution in [-0.4, -0.2) is 6.04 Å². The van der Waals surface area contributed by atoms with Crippen LogP contribution in [0.5, 0.6) is 5.75 Å². The van der Waals surface area contributed by atoms with E-state index in [2.05, 4.69) is 34.2 Å². The van der Waals surface area contributed by atoms with Gasteiger partial charge in [-0.3, -0.25) is 0 Å². The van der Waals surface area contributed by atoms with Gasteiger partial charge in [0.1, 0.15) is 18.2 Å².